The van der Waals surface area contributed by atoms with E-state index < -0.39 is 0 Å². The van der Waals surface area contributed by atoms with E-state index in [1.165, 1.54) is 0 Å². The molecule has 23 heavy (non-hydrogen) atoms. The molecule has 3 heterocycles. The number of amides is 1. The molecule has 1 aromatic heterocycles. The number of rotatable bonds is 3. The minimum atomic E-state index is -0.00266. The number of anilines is 2. The summed E-state index contributed by atoms with van der Waals surface area (Å²) in [4.78, 5) is 22.5. The summed E-state index contributed by atoms with van der Waals surface area (Å²) >= 11 is 0. The van der Waals surface area contributed by atoms with Gasteiger partial charge in [-0.05, 0) is 25.0 Å². The number of ether oxygens (including phenoxy) is 2. The summed E-state index contributed by atoms with van der Waals surface area (Å²) in [5.41, 5.74) is 1.32. The average molecular weight is 312 g/mol. The van der Waals surface area contributed by atoms with Gasteiger partial charge in [0.05, 0.1) is 5.56 Å². The number of likely N-dealkylation sites (tertiary alicyclic amines) is 1. The van der Waals surface area contributed by atoms with Gasteiger partial charge in [0.15, 0.2) is 11.5 Å². The maximum Gasteiger partial charge on any atom is 0.256 e. The Morgan fingerprint density at radius 3 is 2.61 bits per heavy atom. The molecule has 1 amide bonds. The molecule has 0 radical (unpaired) electrons. The summed E-state index contributed by atoms with van der Waals surface area (Å²) < 4.78 is 10.6. The van der Waals surface area contributed by atoms with Gasteiger partial charge in [-0.25, -0.2) is 9.97 Å². The van der Waals surface area contributed by atoms with E-state index in [9.17, 15) is 4.79 Å². The first-order chi connectivity index (χ1) is 11.3. The van der Waals surface area contributed by atoms with E-state index >= 15 is 0 Å². The second kappa shape index (κ2) is 5.75. The molecule has 118 valence electrons. The predicted octanol–water partition coefficient (Wildman–Crippen LogP) is 2.18. The number of carbonyl (C=O) groups excluding carboxylic acids is 1. The molecular weight excluding hydrogens is 296 g/mol. The number of hydrogen-bond donors (Lipinski definition) is 1. The third-order valence-electron chi connectivity index (χ3n) is 3.92. The highest BCUT2D eigenvalue weighted by molar-refractivity contribution is 5.93. The lowest BCUT2D eigenvalue weighted by Crippen LogP contribution is -2.27. The number of benzene rings is 1. The van der Waals surface area contributed by atoms with Crippen LogP contribution in [0.2, 0.25) is 0 Å². The molecule has 0 saturated carbocycles. The van der Waals surface area contributed by atoms with Crippen LogP contribution in [0, 0.1) is 0 Å². The fraction of sp³-hybridized carbons (Fsp3) is 0.312. The van der Waals surface area contributed by atoms with Crippen molar-refractivity contribution in [2.24, 2.45) is 0 Å². The van der Waals surface area contributed by atoms with Crippen LogP contribution < -0.4 is 14.8 Å². The summed E-state index contributed by atoms with van der Waals surface area (Å²) in [6, 6.07) is 5.52. The summed E-state index contributed by atoms with van der Waals surface area (Å²) in [5, 5.41) is 3.09. The van der Waals surface area contributed by atoms with Crippen molar-refractivity contribution >= 4 is 17.5 Å². The number of nitrogens with zero attached hydrogens (tertiary/aromatic N) is 3. The zero-order valence-corrected chi connectivity index (χ0v) is 12.5. The molecule has 7 heteroatoms. The van der Waals surface area contributed by atoms with Crippen LogP contribution in [0.4, 0.5) is 11.6 Å². The van der Waals surface area contributed by atoms with Gasteiger partial charge in [-0.1, -0.05) is 0 Å². The largest absolute Gasteiger partial charge is 0.454 e. The van der Waals surface area contributed by atoms with Gasteiger partial charge in [-0.3, -0.25) is 4.79 Å². The maximum atomic E-state index is 12.2. The van der Waals surface area contributed by atoms with E-state index in [4.69, 9.17) is 9.47 Å². The molecule has 0 spiro atoms. The van der Waals surface area contributed by atoms with Gasteiger partial charge >= 0.3 is 0 Å². The van der Waals surface area contributed by atoms with Gasteiger partial charge in [-0.2, -0.15) is 0 Å². The molecule has 1 N–H and O–H groups in total. The van der Waals surface area contributed by atoms with Gasteiger partial charge in [0, 0.05) is 37.2 Å². The van der Waals surface area contributed by atoms with Crippen molar-refractivity contribution in [2.45, 2.75) is 12.8 Å². The van der Waals surface area contributed by atoms with Gasteiger partial charge in [-0.15, -0.1) is 0 Å². The Bertz CT molecular complexity index is 727. The Morgan fingerprint density at radius 2 is 1.83 bits per heavy atom. The van der Waals surface area contributed by atoms with Crippen molar-refractivity contribution in [3.05, 3.63) is 36.2 Å². The van der Waals surface area contributed by atoms with Crippen LogP contribution in [-0.2, 0) is 0 Å². The molecule has 7 nitrogen and oxygen atoms in total. The molecule has 1 fully saturated rings. The van der Waals surface area contributed by atoms with E-state index in [2.05, 4.69) is 15.3 Å². The quantitative estimate of drug-likeness (QED) is 0.936. The molecule has 1 saturated heterocycles. The zero-order chi connectivity index (χ0) is 15.6. The van der Waals surface area contributed by atoms with Crippen LogP contribution >= 0.6 is 0 Å². The molecule has 2 aliphatic rings. The topological polar surface area (TPSA) is 76.6 Å². The van der Waals surface area contributed by atoms with E-state index in [1.54, 1.807) is 12.4 Å². The van der Waals surface area contributed by atoms with E-state index in [-0.39, 0.29) is 12.7 Å². The first-order valence-corrected chi connectivity index (χ1v) is 7.57. The Morgan fingerprint density at radius 1 is 1.09 bits per heavy atom. The lowest BCUT2D eigenvalue weighted by atomic mass is 10.3. The van der Waals surface area contributed by atoms with Gasteiger partial charge in [0.2, 0.25) is 12.7 Å². The van der Waals surface area contributed by atoms with Crippen molar-refractivity contribution in [1.29, 1.82) is 0 Å². The molecule has 0 aliphatic carbocycles. The van der Waals surface area contributed by atoms with Crippen LogP contribution in [0.5, 0.6) is 11.5 Å². The van der Waals surface area contributed by atoms with Crippen molar-refractivity contribution in [3.63, 3.8) is 0 Å². The molecule has 0 bridgehead atoms. The summed E-state index contributed by atoms with van der Waals surface area (Å²) in [6.07, 6.45) is 5.25. The number of carbonyl (C=O) groups is 1. The fourth-order valence-corrected chi connectivity index (χ4v) is 2.71. The standard InChI is InChI=1S/C16H16N4O3/c21-15(20-5-1-2-6-20)11-8-17-16(18-9-11)19-12-3-4-13-14(7-12)23-10-22-13/h3-4,7-9H,1-2,5-6,10H2,(H,17,18,19). The number of nitrogens with one attached hydrogen (secondary N) is 1. The number of fused-ring (bicyclic) bond motifs is 1. The highest BCUT2D eigenvalue weighted by Crippen LogP contribution is 2.34. The number of hydrogen-bond acceptors (Lipinski definition) is 6. The first kappa shape index (κ1) is 13.8. The monoisotopic (exact) mass is 312 g/mol. The highest BCUT2D eigenvalue weighted by Gasteiger charge is 2.20. The molecular formula is C16H16N4O3. The van der Waals surface area contributed by atoms with Crippen LogP contribution in [-0.4, -0.2) is 40.7 Å². The Labute approximate surface area is 133 Å². The van der Waals surface area contributed by atoms with Crippen molar-refractivity contribution in [2.75, 3.05) is 25.2 Å². The Balaban J connectivity index is 1.46. The normalized spacial score (nSPS) is 15.7. The van der Waals surface area contributed by atoms with E-state index in [0.29, 0.717) is 17.3 Å². The lowest BCUT2D eigenvalue weighted by Gasteiger charge is -2.14. The van der Waals surface area contributed by atoms with Crippen LogP contribution in [0.15, 0.2) is 30.6 Å². The molecule has 1 aromatic carbocycles. The van der Waals surface area contributed by atoms with E-state index in [0.717, 1.165) is 37.4 Å². The molecule has 0 unspecified atom stereocenters. The molecule has 2 aliphatic heterocycles. The second-order valence-corrected chi connectivity index (χ2v) is 5.49. The summed E-state index contributed by atoms with van der Waals surface area (Å²) in [6.45, 7) is 1.87. The molecule has 0 atom stereocenters. The molecule has 2 aromatic rings. The lowest BCUT2D eigenvalue weighted by molar-refractivity contribution is 0.0792. The summed E-state index contributed by atoms with van der Waals surface area (Å²) in [7, 11) is 0. The SMILES string of the molecule is O=C(c1cnc(Nc2ccc3c(c2)OCO3)nc1)N1CCCC1. The third-order valence-corrected chi connectivity index (χ3v) is 3.92. The highest BCUT2D eigenvalue weighted by atomic mass is 16.7. The van der Waals surface area contributed by atoms with Crippen LogP contribution in [0.25, 0.3) is 0 Å². The maximum absolute atomic E-state index is 12.2. The Hall–Kier alpha value is -2.83. The van der Waals surface area contributed by atoms with Crippen molar-refractivity contribution in [1.82, 2.24) is 14.9 Å². The van der Waals surface area contributed by atoms with Crippen molar-refractivity contribution in [3.8, 4) is 11.5 Å². The second-order valence-electron chi connectivity index (χ2n) is 5.49. The third kappa shape index (κ3) is 2.77. The van der Waals surface area contributed by atoms with Gasteiger partial charge in [0.25, 0.3) is 5.91 Å². The zero-order valence-electron chi connectivity index (χ0n) is 12.5. The number of aromatic nitrogens is 2. The van der Waals surface area contributed by atoms with Crippen molar-refractivity contribution < 1.29 is 14.3 Å². The smallest absolute Gasteiger partial charge is 0.256 e. The van der Waals surface area contributed by atoms with Crippen LogP contribution in [0.3, 0.4) is 0 Å². The van der Waals surface area contributed by atoms with E-state index in [1.807, 2.05) is 23.1 Å². The molecule has 4 rings (SSSR count). The average Bonchev–Trinajstić information content (AvgIpc) is 3.26. The minimum Gasteiger partial charge on any atom is -0.454 e. The fourth-order valence-electron chi connectivity index (χ4n) is 2.71. The minimum absolute atomic E-state index is 0.00266. The van der Waals surface area contributed by atoms with Gasteiger partial charge < -0.3 is 19.7 Å². The van der Waals surface area contributed by atoms with Gasteiger partial charge in [0.1, 0.15) is 0 Å². The first-order valence-electron chi connectivity index (χ1n) is 7.57. The summed E-state index contributed by atoms with van der Waals surface area (Å²) in [5.74, 6) is 1.85. The predicted molar refractivity (Wildman–Crippen MR) is 83.0 cm³/mol. The van der Waals surface area contributed by atoms with Crippen LogP contribution in [0.1, 0.15) is 23.2 Å². The Kier molecular flexibility index (Phi) is 3.45.